The van der Waals surface area contributed by atoms with Crippen molar-refractivity contribution in [1.82, 2.24) is 10.2 Å². The van der Waals surface area contributed by atoms with Crippen molar-refractivity contribution in [3.05, 3.63) is 90.0 Å². The van der Waals surface area contributed by atoms with E-state index in [2.05, 4.69) is 10.0 Å². The second-order valence-corrected chi connectivity index (χ2v) is 11.0. The molecule has 2 N–H and O–H groups in total. The highest BCUT2D eigenvalue weighted by molar-refractivity contribution is 7.92. The van der Waals surface area contributed by atoms with Crippen molar-refractivity contribution in [1.29, 1.82) is 0 Å². The van der Waals surface area contributed by atoms with E-state index in [1.54, 1.807) is 6.92 Å². The molecular weight excluding hydrogens is 528 g/mol. The number of sulfonamides is 1. The number of benzene rings is 3. The minimum Gasteiger partial charge on any atom is -0.484 e. The summed E-state index contributed by atoms with van der Waals surface area (Å²) in [6.45, 7) is 5.60. The van der Waals surface area contributed by atoms with Crippen molar-refractivity contribution in [2.45, 2.75) is 38.3 Å². The Balaban J connectivity index is 1.68. The highest BCUT2D eigenvalue weighted by Gasteiger charge is 2.26. The second-order valence-electron chi connectivity index (χ2n) is 9.34. The minimum absolute atomic E-state index is 0.0566. The van der Waals surface area contributed by atoms with Gasteiger partial charge in [0.05, 0.1) is 4.90 Å². The standard InChI is InChI=1S/C28H31F2N3O5S/c1-19(2)16-31-28(35)20(3)33(17-21-4-6-22(29)7-5-21)27(34)18-38-25-12-14-26(15-13-25)39(36,37)32-24-10-8-23(30)9-11-24/h4-15,19-20,32H,16-18H2,1-3H3,(H,31,35)/t20-/m1/s1. The largest absolute Gasteiger partial charge is 0.484 e. The van der Waals surface area contributed by atoms with Crippen LogP contribution in [0.4, 0.5) is 14.5 Å². The third-order valence-corrected chi connectivity index (χ3v) is 7.11. The van der Waals surface area contributed by atoms with E-state index in [-0.39, 0.29) is 34.7 Å². The van der Waals surface area contributed by atoms with Crippen LogP contribution in [0, 0.1) is 17.6 Å². The zero-order valence-corrected chi connectivity index (χ0v) is 22.7. The van der Waals surface area contributed by atoms with Crippen LogP contribution in [0.5, 0.6) is 5.75 Å². The van der Waals surface area contributed by atoms with Gasteiger partial charge in [0.2, 0.25) is 5.91 Å². The Labute approximate surface area is 227 Å². The molecule has 0 radical (unpaired) electrons. The summed E-state index contributed by atoms with van der Waals surface area (Å²) in [7, 11) is -3.93. The third kappa shape index (κ3) is 8.78. The van der Waals surface area contributed by atoms with E-state index in [0.717, 1.165) is 12.1 Å². The fraction of sp³-hybridized carbons (Fsp3) is 0.286. The topological polar surface area (TPSA) is 105 Å². The van der Waals surface area contributed by atoms with Crippen LogP contribution in [0.1, 0.15) is 26.3 Å². The lowest BCUT2D eigenvalue weighted by atomic mass is 10.1. The molecule has 0 saturated heterocycles. The first kappa shape index (κ1) is 29.6. The van der Waals surface area contributed by atoms with E-state index in [1.165, 1.54) is 65.6 Å². The molecule has 0 aliphatic carbocycles. The van der Waals surface area contributed by atoms with Gasteiger partial charge in [0, 0.05) is 18.8 Å². The lowest BCUT2D eigenvalue weighted by molar-refractivity contribution is -0.142. The highest BCUT2D eigenvalue weighted by Crippen LogP contribution is 2.20. The molecule has 11 heteroatoms. The smallest absolute Gasteiger partial charge is 0.261 e. The fourth-order valence-electron chi connectivity index (χ4n) is 3.50. The molecule has 3 aromatic rings. The maximum absolute atomic E-state index is 13.4. The van der Waals surface area contributed by atoms with Crippen molar-refractivity contribution < 1.29 is 31.5 Å². The van der Waals surface area contributed by atoms with E-state index in [0.29, 0.717) is 12.1 Å². The van der Waals surface area contributed by atoms with E-state index in [1.807, 2.05) is 13.8 Å². The molecule has 0 aliphatic rings. The zero-order chi connectivity index (χ0) is 28.6. The molecule has 0 bridgehead atoms. The van der Waals surface area contributed by atoms with Gasteiger partial charge < -0.3 is 15.0 Å². The second kappa shape index (κ2) is 13.2. The predicted octanol–water partition coefficient (Wildman–Crippen LogP) is 4.33. The normalized spacial score (nSPS) is 12.1. The van der Waals surface area contributed by atoms with Crippen LogP contribution in [0.3, 0.4) is 0 Å². The van der Waals surface area contributed by atoms with E-state index >= 15 is 0 Å². The van der Waals surface area contributed by atoms with Crippen molar-refractivity contribution >= 4 is 27.5 Å². The number of carbonyl (C=O) groups excluding carboxylic acids is 2. The van der Waals surface area contributed by atoms with Crippen LogP contribution in [-0.2, 0) is 26.2 Å². The summed E-state index contributed by atoms with van der Waals surface area (Å²) in [6.07, 6.45) is 0. The van der Waals surface area contributed by atoms with Gasteiger partial charge >= 0.3 is 0 Å². The average Bonchev–Trinajstić information content (AvgIpc) is 2.91. The molecule has 1 atom stereocenters. The van der Waals surface area contributed by atoms with E-state index < -0.39 is 40.2 Å². The molecule has 39 heavy (non-hydrogen) atoms. The molecule has 0 saturated carbocycles. The summed E-state index contributed by atoms with van der Waals surface area (Å²) in [5.74, 6) is -1.26. The number of hydrogen-bond donors (Lipinski definition) is 2. The highest BCUT2D eigenvalue weighted by atomic mass is 32.2. The van der Waals surface area contributed by atoms with Crippen LogP contribution < -0.4 is 14.8 Å². The molecule has 0 spiro atoms. The number of nitrogens with zero attached hydrogens (tertiary/aromatic N) is 1. The van der Waals surface area contributed by atoms with Crippen LogP contribution in [0.2, 0.25) is 0 Å². The SMILES string of the molecule is CC(C)CNC(=O)[C@@H](C)N(Cc1ccc(F)cc1)C(=O)COc1ccc(S(=O)(=O)Nc2ccc(F)cc2)cc1. The van der Waals surface area contributed by atoms with Crippen LogP contribution in [-0.4, -0.2) is 44.3 Å². The number of carbonyl (C=O) groups is 2. The van der Waals surface area contributed by atoms with Gasteiger partial charge in [0.15, 0.2) is 6.61 Å². The van der Waals surface area contributed by atoms with Gasteiger partial charge in [-0.25, -0.2) is 17.2 Å². The molecule has 208 valence electrons. The number of anilines is 1. The number of ether oxygens (including phenoxy) is 1. The van der Waals surface area contributed by atoms with Crippen LogP contribution >= 0.6 is 0 Å². The quantitative estimate of drug-likeness (QED) is 0.344. The van der Waals surface area contributed by atoms with Gasteiger partial charge in [0.1, 0.15) is 23.4 Å². The van der Waals surface area contributed by atoms with E-state index in [9.17, 15) is 26.8 Å². The maximum Gasteiger partial charge on any atom is 0.261 e. The Bertz CT molecular complexity index is 1360. The van der Waals surface area contributed by atoms with Crippen molar-refractivity contribution in [2.75, 3.05) is 17.9 Å². The van der Waals surface area contributed by atoms with Crippen molar-refractivity contribution in [3.63, 3.8) is 0 Å². The Morgan fingerprint density at radius 1 is 0.872 bits per heavy atom. The van der Waals surface area contributed by atoms with Gasteiger partial charge in [0.25, 0.3) is 15.9 Å². The van der Waals surface area contributed by atoms with Gasteiger partial charge in [-0.1, -0.05) is 26.0 Å². The fourth-order valence-corrected chi connectivity index (χ4v) is 4.56. The van der Waals surface area contributed by atoms with Gasteiger partial charge in [-0.05, 0) is 79.1 Å². The molecular formula is C28H31F2N3O5S. The molecule has 2 amide bonds. The summed E-state index contributed by atoms with van der Waals surface area (Å²) < 4.78 is 59.6. The van der Waals surface area contributed by atoms with Gasteiger partial charge in [-0.15, -0.1) is 0 Å². The molecule has 0 aromatic heterocycles. The predicted molar refractivity (Wildman–Crippen MR) is 143 cm³/mol. The monoisotopic (exact) mass is 559 g/mol. The molecule has 0 heterocycles. The first-order chi connectivity index (χ1) is 18.4. The molecule has 8 nitrogen and oxygen atoms in total. The summed E-state index contributed by atoms with van der Waals surface area (Å²) in [5.41, 5.74) is 0.839. The molecule has 0 fully saturated rings. The first-order valence-corrected chi connectivity index (χ1v) is 13.8. The number of hydrogen-bond acceptors (Lipinski definition) is 5. The Morgan fingerprint density at radius 3 is 2.00 bits per heavy atom. The lowest BCUT2D eigenvalue weighted by Gasteiger charge is -2.29. The summed E-state index contributed by atoms with van der Waals surface area (Å²) in [6, 6.07) is 15.1. The van der Waals surface area contributed by atoms with Gasteiger partial charge in [-0.3, -0.25) is 14.3 Å². The molecule has 3 rings (SSSR count). The molecule has 0 unspecified atom stereocenters. The van der Waals surface area contributed by atoms with E-state index in [4.69, 9.17) is 4.74 Å². The summed E-state index contributed by atoms with van der Waals surface area (Å²) in [5, 5.41) is 2.81. The summed E-state index contributed by atoms with van der Waals surface area (Å²) >= 11 is 0. The first-order valence-electron chi connectivity index (χ1n) is 12.3. The average molecular weight is 560 g/mol. The maximum atomic E-state index is 13.4. The summed E-state index contributed by atoms with van der Waals surface area (Å²) in [4.78, 5) is 27.1. The minimum atomic E-state index is -3.93. The molecule has 0 aliphatic heterocycles. The lowest BCUT2D eigenvalue weighted by Crippen LogP contribution is -2.49. The number of halogens is 2. The Kier molecular flexibility index (Phi) is 10.00. The number of rotatable bonds is 12. The van der Waals surface area contributed by atoms with Crippen LogP contribution in [0.25, 0.3) is 0 Å². The number of nitrogens with one attached hydrogen (secondary N) is 2. The third-order valence-electron chi connectivity index (χ3n) is 5.71. The zero-order valence-electron chi connectivity index (χ0n) is 21.9. The van der Waals surface area contributed by atoms with Crippen molar-refractivity contribution in [2.24, 2.45) is 5.92 Å². The number of amides is 2. The Hall–Kier alpha value is -3.99. The van der Waals surface area contributed by atoms with Gasteiger partial charge in [-0.2, -0.15) is 0 Å². The van der Waals surface area contributed by atoms with Crippen LogP contribution in [0.15, 0.2) is 77.7 Å². The Morgan fingerprint density at radius 2 is 1.44 bits per heavy atom. The van der Waals surface area contributed by atoms with Crippen molar-refractivity contribution in [3.8, 4) is 5.75 Å². The molecule has 3 aromatic carbocycles.